The van der Waals surface area contributed by atoms with E-state index in [0.717, 1.165) is 27.5 Å². The van der Waals surface area contributed by atoms with Gasteiger partial charge in [0.1, 0.15) is 0 Å². The molecule has 0 bridgehead atoms. The van der Waals surface area contributed by atoms with Crippen molar-refractivity contribution in [3.8, 4) is 0 Å². The van der Waals surface area contributed by atoms with E-state index in [0.29, 0.717) is 18.0 Å². The van der Waals surface area contributed by atoms with E-state index >= 15 is 0 Å². The average Bonchev–Trinajstić information content (AvgIpc) is 3.08. The summed E-state index contributed by atoms with van der Waals surface area (Å²) in [5.41, 5.74) is 4.34. The first-order valence-corrected chi connectivity index (χ1v) is 11.0. The van der Waals surface area contributed by atoms with Crippen molar-refractivity contribution >= 4 is 34.6 Å². The number of anilines is 1. The van der Waals surface area contributed by atoms with Crippen LogP contribution in [0, 0.1) is 0 Å². The standard InChI is InChI=1S/C26H25N3OS/c1-28(2)23-15-13-20(14-16-23)17-24-25(30)29(19-22-11-7-4-8-12-22)26(31-24)27-18-21-9-5-3-6-10-21/h3-17H,18-19H2,1-2H3/b24-17+,27-26?. The van der Waals surface area contributed by atoms with Gasteiger partial charge in [-0.2, -0.15) is 0 Å². The fraction of sp³-hybridized carbons (Fsp3) is 0.154. The van der Waals surface area contributed by atoms with Crippen molar-refractivity contribution in [2.24, 2.45) is 4.99 Å². The van der Waals surface area contributed by atoms with Crippen LogP contribution in [0.4, 0.5) is 5.69 Å². The summed E-state index contributed by atoms with van der Waals surface area (Å²) >= 11 is 1.45. The lowest BCUT2D eigenvalue weighted by Crippen LogP contribution is -2.28. The molecule has 0 saturated carbocycles. The molecule has 0 spiro atoms. The van der Waals surface area contributed by atoms with Crippen molar-refractivity contribution in [2.75, 3.05) is 19.0 Å². The number of hydrogen-bond acceptors (Lipinski definition) is 4. The Labute approximate surface area is 187 Å². The molecule has 1 fully saturated rings. The van der Waals surface area contributed by atoms with Gasteiger partial charge in [-0.1, -0.05) is 72.8 Å². The first kappa shape index (κ1) is 20.9. The summed E-state index contributed by atoms with van der Waals surface area (Å²) < 4.78 is 0. The van der Waals surface area contributed by atoms with E-state index in [9.17, 15) is 4.79 Å². The number of benzene rings is 3. The normalized spacial score (nSPS) is 16.3. The zero-order valence-electron chi connectivity index (χ0n) is 17.7. The Bertz CT molecular complexity index is 1090. The van der Waals surface area contributed by atoms with Gasteiger partial charge in [-0.15, -0.1) is 0 Å². The van der Waals surface area contributed by atoms with Crippen LogP contribution in [-0.4, -0.2) is 30.1 Å². The smallest absolute Gasteiger partial charge is 0.267 e. The second kappa shape index (κ2) is 9.67. The molecule has 1 heterocycles. The lowest BCUT2D eigenvalue weighted by Gasteiger charge is -2.15. The molecule has 4 nitrogen and oxygen atoms in total. The molecule has 0 radical (unpaired) electrons. The number of nitrogens with zero attached hydrogens (tertiary/aromatic N) is 3. The molecular weight excluding hydrogens is 402 g/mol. The molecule has 0 atom stereocenters. The van der Waals surface area contributed by atoms with Crippen molar-refractivity contribution in [2.45, 2.75) is 13.1 Å². The number of aliphatic imine (C=N–C) groups is 1. The zero-order valence-corrected chi connectivity index (χ0v) is 18.5. The summed E-state index contributed by atoms with van der Waals surface area (Å²) in [6.07, 6.45) is 1.95. The second-order valence-electron chi connectivity index (χ2n) is 7.56. The maximum Gasteiger partial charge on any atom is 0.267 e. The van der Waals surface area contributed by atoms with Crippen LogP contribution in [0.25, 0.3) is 6.08 Å². The van der Waals surface area contributed by atoms with Crippen LogP contribution in [0.2, 0.25) is 0 Å². The summed E-state index contributed by atoms with van der Waals surface area (Å²) in [5, 5.41) is 0.744. The second-order valence-corrected chi connectivity index (χ2v) is 8.57. The van der Waals surface area contributed by atoms with Gasteiger partial charge in [0.2, 0.25) is 0 Å². The van der Waals surface area contributed by atoms with Gasteiger partial charge in [0.25, 0.3) is 5.91 Å². The molecule has 0 unspecified atom stereocenters. The molecule has 31 heavy (non-hydrogen) atoms. The fourth-order valence-electron chi connectivity index (χ4n) is 3.29. The number of thioether (sulfide) groups is 1. The third-order valence-electron chi connectivity index (χ3n) is 5.02. The lowest BCUT2D eigenvalue weighted by atomic mass is 10.1. The third-order valence-corrected chi connectivity index (χ3v) is 6.06. The predicted octanol–water partition coefficient (Wildman–Crippen LogP) is 5.43. The number of rotatable bonds is 6. The molecule has 156 valence electrons. The van der Waals surface area contributed by atoms with E-state index in [1.54, 1.807) is 4.90 Å². The average molecular weight is 428 g/mol. The summed E-state index contributed by atoms with van der Waals surface area (Å²) in [6.45, 7) is 1.06. The molecule has 0 N–H and O–H groups in total. The molecule has 4 rings (SSSR count). The summed E-state index contributed by atoms with van der Waals surface area (Å²) in [7, 11) is 4.03. The van der Waals surface area contributed by atoms with Crippen molar-refractivity contribution in [1.29, 1.82) is 0 Å². The molecule has 0 aromatic heterocycles. The predicted molar refractivity (Wildman–Crippen MR) is 131 cm³/mol. The van der Waals surface area contributed by atoms with Gasteiger partial charge in [-0.3, -0.25) is 14.7 Å². The van der Waals surface area contributed by atoms with Crippen molar-refractivity contribution in [1.82, 2.24) is 4.90 Å². The summed E-state index contributed by atoms with van der Waals surface area (Å²) in [6, 6.07) is 28.3. The summed E-state index contributed by atoms with van der Waals surface area (Å²) in [4.78, 5) is 22.6. The molecule has 1 aliphatic heterocycles. The Morgan fingerprint density at radius 1 is 0.871 bits per heavy atom. The maximum absolute atomic E-state index is 13.3. The quantitative estimate of drug-likeness (QED) is 0.493. The molecule has 3 aromatic carbocycles. The number of amidine groups is 1. The van der Waals surface area contributed by atoms with Crippen LogP contribution in [0.1, 0.15) is 16.7 Å². The van der Waals surface area contributed by atoms with Gasteiger partial charge in [0, 0.05) is 19.8 Å². The number of hydrogen-bond donors (Lipinski definition) is 0. The van der Waals surface area contributed by atoms with E-state index in [1.165, 1.54) is 11.8 Å². The van der Waals surface area contributed by atoms with E-state index < -0.39 is 0 Å². The fourth-order valence-corrected chi connectivity index (χ4v) is 4.27. The highest BCUT2D eigenvalue weighted by molar-refractivity contribution is 8.18. The van der Waals surface area contributed by atoms with Crippen LogP contribution in [0.15, 0.2) is 94.8 Å². The highest BCUT2D eigenvalue weighted by atomic mass is 32.2. The first-order valence-electron chi connectivity index (χ1n) is 10.2. The minimum atomic E-state index is -0.00245. The monoisotopic (exact) mass is 427 g/mol. The van der Waals surface area contributed by atoms with Crippen LogP contribution in [0.5, 0.6) is 0 Å². The van der Waals surface area contributed by atoms with Crippen LogP contribution < -0.4 is 4.90 Å². The van der Waals surface area contributed by atoms with Crippen LogP contribution in [-0.2, 0) is 17.9 Å². The number of carbonyl (C=O) groups is 1. The van der Waals surface area contributed by atoms with Crippen LogP contribution >= 0.6 is 11.8 Å². The minimum Gasteiger partial charge on any atom is -0.378 e. The van der Waals surface area contributed by atoms with E-state index in [4.69, 9.17) is 4.99 Å². The molecule has 0 aliphatic carbocycles. The zero-order chi connectivity index (χ0) is 21.6. The largest absolute Gasteiger partial charge is 0.378 e. The van der Waals surface area contributed by atoms with Crippen molar-refractivity contribution < 1.29 is 4.79 Å². The van der Waals surface area contributed by atoms with Gasteiger partial charge in [0.05, 0.1) is 18.0 Å². The Morgan fingerprint density at radius 3 is 2.10 bits per heavy atom. The Morgan fingerprint density at radius 2 is 1.48 bits per heavy atom. The Balaban J connectivity index is 1.61. The van der Waals surface area contributed by atoms with Gasteiger partial charge < -0.3 is 4.90 Å². The molecule has 1 aliphatic rings. The highest BCUT2D eigenvalue weighted by Crippen LogP contribution is 2.34. The van der Waals surface area contributed by atoms with Crippen molar-refractivity contribution in [3.05, 3.63) is 107 Å². The van der Waals surface area contributed by atoms with Gasteiger partial charge >= 0.3 is 0 Å². The van der Waals surface area contributed by atoms with Crippen molar-refractivity contribution in [3.63, 3.8) is 0 Å². The lowest BCUT2D eigenvalue weighted by molar-refractivity contribution is -0.122. The van der Waals surface area contributed by atoms with Gasteiger partial charge in [0.15, 0.2) is 5.17 Å². The molecule has 1 amide bonds. The minimum absolute atomic E-state index is 0.00245. The highest BCUT2D eigenvalue weighted by Gasteiger charge is 2.33. The first-order chi connectivity index (χ1) is 15.1. The number of carbonyl (C=O) groups excluding carboxylic acids is 1. The van der Waals surface area contributed by atoms with E-state index in [-0.39, 0.29) is 5.91 Å². The van der Waals surface area contributed by atoms with Crippen LogP contribution in [0.3, 0.4) is 0 Å². The molecular formula is C26H25N3OS. The third kappa shape index (κ3) is 5.25. The molecule has 3 aromatic rings. The summed E-state index contributed by atoms with van der Waals surface area (Å²) in [5.74, 6) is -0.00245. The Hall–Kier alpha value is -3.31. The topological polar surface area (TPSA) is 35.9 Å². The maximum atomic E-state index is 13.3. The number of amides is 1. The Kier molecular flexibility index (Phi) is 6.53. The van der Waals surface area contributed by atoms with Gasteiger partial charge in [-0.25, -0.2) is 0 Å². The SMILES string of the molecule is CN(C)c1ccc(/C=C2/SC(=NCc3ccccc3)N(Cc3ccccc3)C2=O)cc1. The van der Waals surface area contributed by atoms with E-state index in [2.05, 4.69) is 29.2 Å². The molecule has 1 saturated heterocycles. The van der Waals surface area contributed by atoms with Gasteiger partial charge in [-0.05, 0) is 46.7 Å². The molecule has 5 heteroatoms. The van der Waals surface area contributed by atoms with E-state index in [1.807, 2.05) is 80.8 Å².